The van der Waals surface area contributed by atoms with Crippen LogP contribution in [-0.2, 0) is 15.7 Å². The van der Waals surface area contributed by atoms with E-state index in [2.05, 4.69) is 9.72 Å². The first kappa shape index (κ1) is 13.2. The molecule has 0 aliphatic carbocycles. The van der Waals surface area contributed by atoms with Crippen LogP contribution in [0.15, 0.2) is 24.5 Å². The van der Waals surface area contributed by atoms with Crippen molar-refractivity contribution in [1.82, 2.24) is 4.98 Å². The van der Waals surface area contributed by atoms with Crippen LogP contribution in [0.25, 0.3) is 6.08 Å². The van der Waals surface area contributed by atoms with Crippen molar-refractivity contribution in [2.45, 2.75) is 13.1 Å². The normalized spacial score (nSPS) is 11.8. The number of rotatable bonds is 3. The molecule has 1 aromatic heterocycles. The lowest BCUT2D eigenvalue weighted by molar-refractivity contribution is -0.138. The Balaban J connectivity index is 2.95. The summed E-state index contributed by atoms with van der Waals surface area (Å²) in [7, 11) is 0. The third-order valence-electron chi connectivity index (χ3n) is 1.85. The van der Waals surface area contributed by atoms with Gasteiger partial charge in [0.25, 0.3) is 0 Å². The summed E-state index contributed by atoms with van der Waals surface area (Å²) in [5.74, 6) is -0.683. The van der Waals surface area contributed by atoms with E-state index in [0.717, 1.165) is 12.2 Å². The molecular weight excluding hydrogens is 235 g/mol. The van der Waals surface area contributed by atoms with Crippen LogP contribution < -0.4 is 0 Å². The molecule has 92 valence electrons. The van der Waals surface area contributed by atoms with Crippen LogP contribution in [0.1, 0.15) is 18.1 Å². The summed E-state index contributed by atoms with van der Waals surface area (Å²) < 4.78 is 42.2. The van der Waals surface area contributed by atoms with Gasteiger partial charge in [-0.25, -0.2) is 4.79 Å². The maximum atomic E-state index is 12.5. The molecule has 1 heterocycles. The Morgan fingerprint density at radius 3 is 2.82 bits per heavy atom. The second-order valence-electron chi connectivity index (χ2n) is 3.05. The molecule has 3 nitrogen and oxygen atoms in total. The second kappa shape index (κ2) is 5.47. The van der Waals surface area contributed by atoms with Crippen LogP contribution in [0.5, 0.6) is 0 Å². The number of alkyl halides is 3. The van der Waals surface area contributed by atoms with Gasteiger partial charge in [-0.15, -0.1) is 0 Å². The lowest BCUT2D eigenvalue weighted by atomic mass is 10.1. The number of nitrogens with zero attached hydrogens (tertiary/aromatic N) is 1. The Kier molecular flexibility index (Phi) is 4.25. The molecule has 0 spiro atoms. The molecule has 0 atom stereocenters. The molecule has 17 heavy (non-hydrogen) atoms. The second-order valence-corrected chi connectivity index (χ2v) is 3.05. The minimum atomic E-state index is -4.50. The topological polar surface area (TPSA) is 39.2 Å². The van der Waals surface area contributed by atoms with Crippen LogP contribution in [-0.4, -0.2) is 17.6 Å². The van der Waals surface area contributed by atoms with Gasteiger partial charge < -0.3 is 4.74 Å². The number of ether oxygens (including phenoxy) is 1. The summed E-state index contributed by atoms with van der Waals surface area (Å²) in [4.78, 5) is 14.4. The Hall–Kier alpha value is -1.85. The summed E-state index contributed by atoms with van der Waals surface area (Å²) in [5, 5.41) is 0. The van der Waals surface area contributed by atoms with Gasteiger partial charge >= 0.3 is 12.1 Å². The van der Waals surface area contributed by atoms with Crippen LogP contribution in [0, 0.1) is 0 Å². The van der Waals surface area contributed by atoms with E-state index >= 15 is 0 Å². The molecule has 0 bridgehead atoms. The highest BCUT2D eigenvalue weighted by Gasteiger charge is 2.32. The van der Waals surface area contributed by atoms with Crippen molar-refractivity contribution in [3.8, 4) is 0 Å². The fraction of sp³-hybridized carbons (Fsp3) is 0.273. The number of hydrogen-bond donors (Lipinski definition) is 0. The average molecular weight is 245 g/mol. The van der Waals surface area contributed by atoms with Gasteiger partial charge in [-0.1, -0.05) is 0 Å². The van der Waals surface area contributed by atoms with Gasteiger partial charge in [-0.05, 0) is 24.6 Å². The van der Waals surface area contributed by atoms with Gasteiger partial charge in [0.15, 0.2) is 0 Å². The zero-order valence-electron chi connectivity index (χ0n) is 8.99. The van der Waals surface area contributed by atoms with Crippen molar-refractivity contribution in [1.29, 1.82) is 0 Å². The lowest BCUT2D eigenvalue weighted by Gasteiger charge is -2.08. The Labute approximate surface area is 95.9 Å². The molecule has 0 radical (unpaired) electrons. The molecule has 6 heteroatoms. The van der Waals surface area contributed by atoms with Crippen LogP contribution in [0.4, 0.5) is 13.2 Å². The van der Waals surface area contributed by atoms with Gasteiger partial charge in [0.05, 0.1) is 12.2 Å². The monoisotopic (exact) mass is 245 g/mol. The number of halogens is 3. The first-order valence-electron chi connectivity index (χ1n) is 4.81. The number of carbonyl (C=O) groups is 1. The van der Waals surface area contributed by atoms with Crippen molar-refractivity contribution in [3.05, 3.63) is 35.7 Å². The van der Waals surface area contributed by atoms with E-state index in [4.69, 9.17) is 0 Å². The first-order chi connectivity index (χ1) is 7.95. The van der Waals surface area contributed by atoms with E-state index in [0.29, 0.717) is 6.20 Å². The van der Waals surface area contributed by atoms with E-state index in [9.17, 15) is 18.0 Å². The first-order valence-corrected chi connectivity index (χ1v) is 4.81. The third-order valence-corrected chi connectivity index (χ3v) is 1.85. The van der Waals surface area contributed by atoms with E-state index in [-0.39, 0.29) is 12.2 Å². The van der Waals surface area contributed by atoms with Crippen LogP contribution >= 0.6 is 0 Å². The summed E-state index contributed by atoms with van der Waals surface area (Å²) in [5.41, 5.74) is -1.01. The van der Waals surface area contributed by atoms with Crippen molar-refractivity contribution >= 4 is 12.0 Å². The van der Waals surface area contributed by atoms with E-state index in [1.54, 1.807) is 6.92 Å². The fourth-order valence-electron chi connectivity index (χ4n) is 1.14. The third kappa shape index (κ3) is 3.90. The predicted octanol–water partition coefficient (Wildman–Crippen LogP) is 2.68. The van der Waals surface area contributed by atoms with E-state index in [1.807, 2.05) is 0 Å². The van der Waals surface area contributed by atoms with Gasteiger partial charge in [0, 0.05) is 18.5 Å². The molecule has 1 rings (SSSR count). The minimum Gasteiger partial charge on any atom is -0.463 e. The minimum absolute atomic E-state index is 0.124. The summed E-state index contributed by atoms with van der Waals surface area (Å²) in [6.07, 6.45) is -0.552. The highest BCUT2D eigenvalue weighted by molar-refractivity contribution is 5.87. The number of hydrogen-bond acceptors (Lipinski definition) is 3. The van der Waals surface area contributed by atoms with Crippen molar-refractivity contribution in [2.24, 2.45) is 0 Å². The molecule has 0 aromatic carbocycles. The molecule has 0 fully saturated rings. The molecule has 0 unspecified atom stereocenters. The van der Waals surface area contributed by atoms with Crippen LogP contribution in [0.3, 0.4) is 0 Å². The zero-order valence-corrected chi connectivity index (χ0v) is 8.99. The molecule has 0 saturated carbocycles. The SMILES string of the molecule is CCOC(=O)/C=C/c1ccncc1C(F)(F)F. The molecule has 0 amide bonds. The highest BCUT2D eigenvalue weighted by atomic mass is 19.4. The zero-order chi connectivity index (χ0) is 12.9. The number of pyridine rings is 1. The molecule has 0 saturated heterocycles. The van der Waals surface area contributed by atoms with Crippen LogP contribution in [0.2, 0.25) is 0 Å². The maximum absolute atomic E-state index is 12.5. The molecular formula is C11H10F3NO2. The molecule has 0 aliphatic rings. The number of carbonyl (C=O) groups excluding carboxylic acids is 1. The Bertz CT molecular complexity index is 427. The Morgan fingerprint density at radius 2 is 2.24 bits per heavy atom. The maximum Gasteiger partial charge on any atom is 0.418 e. The lowest BCUT2D eigenvalue weighted by Crippen LogP contribution is -2.08. The van der Waals surface area contributed by atoms with Gasteiger partial charge in [0.2, 0.25) is 0 Å². The largest absolute Gasteiger partial charge is 0.463 e. The average Bonchev–Trinajstić information content (AvgIpc) is 2.26. The smallest absolute Gasteiger partial charge is 0.418 e. The summed E-state index contributed by atoms with van der Waals surface area (Å²) in [6.45, 7) is 1.78. The van der Waals surface area contributed by atoms with E-state index < -0.39 is 17.7 Å². The van der Waals surface area contributed by atoms with Gasteiger partial charge in [0.1, 0.15) is 0 Å². The summed E-state index contributed by atoms with van der Waals surface area (Å²) in [6, 6.07) is 1.18. The van der Waals surface area contributed by atoms with Gasteiger partial charge in [-0.3, -0.25) is 4.98 Å². The fourth-order valence-corrected chi connectivity index (χ4v) is 1.14. The number of esters is 1. The molecule has 0 aliphatic heterocycles. The Morgan fingerprint density at radius 1 is 1.53 bits per heavy atom. The standard InChI is InChI=1S/C11H10F3NO2/c1-2-17-10(16)4-3-8-5-6-15-7-9(8)11(12,13)14/h3-7H,2H2,1H3/b4-3+. The number of aromatic nitrogens is 1. The predicted molar refractivity (Wildman–Crippen MR) is 54.9 cm³/mol. The molecule has 1 aromatic rings. The molecule has 0 N–H and O–H groups in total. The van der Waals surface area contributed by atoms with Gasteiger partial charge in [-0.2, -0.15) is 13.2 Å². The van der Waals surface area contributed by atoms with Crippen molar-refractivity contribution in [2.75, 3.05) is 6.61 Å². The summed E-state index contributed by atoms with van der Waals surface area (Å²) >= 11 is 0. The van der Waals surface area contributed by atoms with Crippen molar-refractivity contribution < 1.29 is 22.7 Å². The van der Waals surface area contributed by atoms with Crippen molar-refractivity contribution in [3.63, 3.8) is 0 Å². The quantitative estimate of drug-likeness (QED) is 0.607. The highest BCUT2D eigenvalue weighted by Crippen LogP contribution is 2.31. The van der Waals surface area contributed by atoms with E-state index in [1.165, 1.54) is 12.3 Å².